The van der Waals surface area contributed by atoms with Crippen LogP contribution in [0.3, 0.4) is 0 Å². The third-order valence-electron chi connectivity index (χ3n) is 3.42. The molecule has 1 saturated heterocycles. The molecule has 0 atom stereocenters. The van der Waals surface area contributed by atoms with Gasteiger partial charge in [-0.3, -0.25) is 14.6 Å². The molecule has 15 heavy (non-hydrogen) atoms. The molecule has 1 aliphatic rings. The molecule has 0 aromatic rings. The summed E-state index contributed by atoms with van der Waals surface area (Å²) in [6.07, 6.45) is 0. The van der Waals surface area contributed by atoms with Crippen molar-refractivity contribution >= 4 is 5.78 Å². The molecule has 0 N–H and O–H groups in total. The van der Waals surface area contributed by atoms with Crippen molar-refractivity contribution in [2.24, 2.45) is 5.92 Å². The molecule has 3 nitrogen and oxygen atoms in total. The van der Waals surface area contributed by atoms with Crippen molar-refractivity contribution in [2.45, 2.75) is 33.2 Å². The Morgan fingerprint density at radius 1 is 1.33 bits per heavy atom. The normalized spacial score (nSPS) is 23.3. The van der Waals surface area contributed by atoms with E-state index in [9.17, 15) is 4.79 Å². The third kappa shape index (κ3) is 3.28. The SMILES string of the molecule is CC(C)C(=O)CN1CCN(C)C(C)(C)C1. The molecule has 0 aliphatic carbocycles. The molecular weight excluding hydrogens is 188 g/mol. The maximum atomic E-state index is 11.6. The van der Waals surface area contributed by atoms with E-state index in [2.05, 4.69) is 30.7 Å². The zero-order valence-electron chi connectivity index (χ0n) is 10.7. The molecule has 1 aliphatic heterocycles. The van der Waals surface area contributed by atoms with Crippen molar-refractivity contribution in [3.63, 3.8) is 0 Å². The molecule has 0 amide bonds. The van der Waals surface area contributed by atoms with Crippen molar-refractivity contribution < 1.29 is 4.79 Å². The summed E-state index contributed by atoms with van der Waals surface area (Å²) in [5, 5.41) is 0. The number of rotatable bonds is 3. The first-order chi connectivity index (χ1) is 6.83. The Kier molecular flexibility index (Phi) is 3.90. The van der Waals surface area contributed by atoms with Gasteiger partial charge in [0.05, 0.1) is 6.54 Å². The zero-order chi connectivity index (χ0) is 11.6. The van der Waals surface area contributed by atoms with Gasteiger partial charge in [0.1, 0.15) is 5.78 Å². The summed E-state index contributed by atoms with van der Waals surface area (Å²) in [5.41, 5.74) is 0.190. The predicted molar refractivity (Wildman–Crippen MR) is 63.0 cm³/mol. The highest BCUT2D eigenvalue weighted by molar-refractivity contribution is 5.82. The summed E-state index contributed by atoms with van der Waals surface area (Å²) in [5.74, 6) is 0.517. The summed E-state index contributed by atoms with van der Waals surface area (Å²) < 4.78 is 0. The van der Waals surface area contributed by atoms with Crippen LogP contribution in [-0.4, -0.2) is 54.3 Å². The van der Waals surface area contributed by atoms with Crippen molar-refractivity contribution in [1.29, 1.82) is 0 Å². The molecule has 1 fully saturated rings. The van der Waals surface area contributed by atoms with Crippen LogP contribution in [0.15, 0.2) is 0 Å². The second kappa shape index (κ2) is 4.62. The lowest BCUT2D eigenvalue weighted by Crippen LogP contribution is -2.58. The first-order valence-electron chi connectivity index (χ1n) is 5.79. The smallest absolute Gasteiger partial charge is 0.149 e. The molecule has 0 aromatic heterocycles. The van der Waals surface area contributed by atoms with Crippen LogP contribution >= 0.6 is 0 Å². The highest BCUT2D eigenvalue weighted by atomic mass is 16.1. The van der Waals surface area contributed by atoms with Crippen molar-refractivity contribution in [3.05, 3.63) is 0 Å². The fraction of sp³-hybridized carbons (Fsp3) is 0.917. The third-order valence-corrected chi connectivity index (χ3v) is 3.42. The Bertz CT molecular complexity index is 236. The molecule has 0 unspecified atom stereocenters. The van der Waals surface area contributed by atoms with Gasteiger partial charge in [0.2, 0.25) is 0 Å². The average Bonchev–Trinajstić information content (AvgIpc) is 2.10. The number of Topliss-reactive ketones (excluding diaryl/α,β-unsaturated/α-hetero) is 1. The van der Waals surface area contributed by atoms with Crippen LogP contribution in [0, 0.1) is 5.92 Å². The van der Waals surface area contributed by atoms with Gasteiger partial charge in [0.15, 0.2) is 0 Å². The van der Waals surface area contributed by atoms with E-state index in [1.165, 1.54) is 0 Å². The van der Waals surface area contributed by atoms with Gasteiger partial charge < -0.3 is 0 Å². The van der Waals surface area contributed by atoms with Gasteiger partial charge in [-0.2, -0.15) is 0 Å². The maximum Gasteiger partial charge on any atom is 0.149 e. The maximum absolute atomic E-state index is 11.6. The Morgan fingerprint density at radius 2 is 1.93 bits per heavy atom. The minimum Gasteiger partial charge on any atom is -0.299 e. The van der Waals surface area contributed by atoms with Gasteiger partial charge in [0, 0.05) is 31.1 Å². The van der Waals surface area contributed by atoms with Gasteiger partial charge in [-0.1, -0.05) is 13.8 Å². The van der Waals surface area contributed by atoms with Crippen LogP contribution in [0.5, 0.6) is 0 Å². The number of hydrogen-bond donors (Lipinski definition) is 0. The molecule has 0 bridgehead atoms. The number of hydrogen-bond acceptors (Lipinski definition) is 3. The second-order valence-corrected chi connectivity index (χ2v) is 5.57. The first-order valence-corrected chi connectivity index (χ1v) is 5.79. The molecule has 0 radical (unpaired) electrons. The molecule has 0 aromatic carbocycles. The topological polar surface area (TPSA) is 23.6 Å². The number of carbonyl (C=O) groups is 1. The van der Waals surface area contributed by atoms with Gasteiger partial charge in [-0.15, -0.1) is 0 Å². The molecule has 88 valence electrons. The number of likely N-dealkylation sites (N-methyl/N-ethyl adjacent to an activating group) is 1. The Morgan fingerprint density at radius 3 is 2.40 bits per heavy atom. The molecule has 3 heteroatoms. The number of nitrogens with zero attached hydrogens (tertiary/aromatic N) is 2. The van der Waals surface area contributed by atoms with Crippen molar-refractivity contribution in [2.75, 3.05) is 33.2 Å². The predicted octanol–water partition coefficient (Wildman–Crippen LogP) is 1.24. The zero-order valence-corrected chi connectivity index (χ0v) is 10.7. The van der Waals surface area contributed by atoms with Crippen LogP contribution in [0.2, 0.25) is 0 Å². The van der Waals surface area contributed by atoms with Crippen molar-refractivity contribution in [3.8, 4) is 0 Å². The first kappa shape index (κ1) is 12.7. The lowest BCUT2D eigenvalue weighted by molar-refractivity contribution is -0.124. The summed E-state index contributed by atoms with van der Waals surface area (Å²) in [6.45, 7) is 12.1. The Labute approximate surface area is 93.4 Å². The van der Waals surface area contributed by atoms with Crippen LogP contribution in [0.1, 0.15) is 27.7 Å². The van der Waals surface area contributed by atoms with Crippen LogP contribution in [0.25, 0.3) is 0 Å². The van der Waals surface area contributed by atoms with Gasteiger partial charge in [-0.25, -0.2) is 0 Å². The standard InChI is InChI=1S/C12H24N2O/c1-10(2)11(15)8-14-7-6-13(5)12(3,4)9-14/h10H,6-9H2,1-5H3. The van der Waals surface area contributed by atoms with E-state index in [1.807, 2.05) is 13.8 Å². The molecule has 0 spiro atoms. The lowest BCUT2D eigenvalue weighted by atomic mass is 9.99. The van der Waals surface area contributed by atoms with E-state index >= 15 is 0 Å². The summed E-state index contributed by atoms with van der Waals surface area (Å²) in [6, 6.07) is 0. The van der Waals surface area contributed by atoms with Crippen molar-refractivity contribution in [1.82, 2.24) is 9.80 Å². The molecule has 1 rings (SSSR count). The molecule has 1 heterocycles. The lowest BCUT2D eigenvalue weighted by Gasteiger charge is -2.45. The van der Waals surface area contributed by atoms with E-state index in [-0.39, 0.29) is 11.5 Å². The van der Waals surface area contributed by atoms with Crippen LogP contribution < -0.4 is 0 Å². The number of ketones is 1. The Hall–Kier alpha value is -0.410. The van der Waals surface area contributed by atoms with Gasteiger partial charge >= 0.3 is 0 Å². The van der Waals surface area contributed by atoms with E-state index in [1.54, 1.807) is 0 Å². The Balaban J connectivity index is 2.49. The van der Waals surface area contributed by atoms with E-state index in [4.69, 9.17) is 0 Å². The number of piperazine rings is 1. The van der Waals surface area contributed by atoms with Crippen LogP contribution in [-0.2, 0) is 4.79 Å². The van der Waals surface area contributed by atoms with Gasteiger partial charge in [-0.05, 0) is 20.9 Å². The largest absolute Gasteiger partial charge is 0.299 e. The highest BCUT2D eigenvalue weighted by Gasteiger charge is 2.31. The number of carbonyl (C=O) groups excluding carboxylic acids is 1. The highest BCUT2D eigenvalue weighted by Crippen LogP contribution is 2.18. The summed E-state index contributed by atoms with van der Waals surface area (Å²) >= 11 is 0. The minimum atomic E-state index is 0.160. The van der Waals surface area contributed by atoms with Crippen LogP contribution in [0.4, 0.5) is 0 Å². The fourth-order valence-corrected chi connectivity index (χ4v) is 1.88. The molecule has 0 saturated carbocycles. The quantitative estimate of drug-likeness (QED) is 0.703. The molecular formula is C12H24N2O. The second-order valence-electron chi connectivity index (χ2n) is 5.57. The fourth-order valence-electron chi connectivity index (χ4n) is 1.88. The minimum absolute atomic E-state index is 0.160. The van der Waals surface area contributed by atoms with Gasteiger partial charge in [0.25, 0.3) is 0 Å². The van der Waals surface area contributed by atoms with E-state index < -0.39 is 0 Å². The summed E-state index contributed by atoms with van der Waals surface area (Å²) in [4.78, 5) is 16.3. The summed E-state index contributed by atoms with van der Waals surface area (Å²) in [7, 11) is 2.15. The van der Waals surface area contributed by atoms with E-state index in [0.29, 0.717) is 12.3 Å². The monoisotopic (exact) mass is 212 g/mol. The van der Waals surface area contributed by atoms with E-state index in [0.717, 1.165) is 19.6 Å². The average molecular weight is 212 g/mol.